The topological polar surface area (TPSA) is 72.9 Å². The Balaban J connectivity index is 2.04. The fourth-order valence-electron chi connectivity index (χ4n) is 3.09. The number of carboxylic acid groups (broad SMARTS) is 1. The molecule has 114 valence electrons. The number of piperidine rings is 1. The summed E-state index contributed by atoms with van der Waals surface area (Å²) in [6.45, 7) is 5.74. The largest absolute Gasteiger partial charge is 0.480 e. The van der Waals surface area contributed by atoms with Gasteiger partial charge in [-0.1, -0.05) is 13.3 Å². The molecule has 0 spiro atoms. The van der Waals surface area contributed by atoms with Crippen LogP contribution in [0.3, 0.4) is 0 Å². The zero-order valence-corrected chi connectivity index (χ0v) is 12.2. The van der Waals surface area contributed by atoms with Crippen molar-refractivity contribution in [1.29, 1.82) is 0 Å². The van der Waals surface area contributed by atoms with Gasteiger partial charge in [-0.25, -0.2) is 9.59 Å². The van der Waals surface area contributed by atoms with Crippen molar-refractivity contribution in [2.75, 3.05) is 32.7 Å². The number of carbonyl (C=O) groups is 2. The molecular formula is C14H25N3O3. The van der Waals surface area contributed by atoms with E-state index >= 15 is 0 Å². The van der Waals surface area contributed by atoms with Crippen LogP contribution in [0.15, 0.2) is 0 Å². The lowest BCUT2D eigenvalue weighted by atomic mass is 9.89. The molecule has 2 aliphatic rings. The van der Waals surface area contributed by atoms with E-state index in [1.165, 1.54) is 0 Å². The van der Waals surface area contributed by atoms with E-state index in [0.29, 0.717) is 32.0 Å². The second-order valence-electron chi connectivity index (χ2n) is 5.72. The molecule has 0 saturated carbocycles. The highest BCUT2D eigenvalue weighted by Gasteiger charge is 2.37. The highest BCUT2D eigenvalue weighted by atomic mass is 16.4. The smallest absolute Gasteiger partial charge is 0.326 e. The van der Waals surface area contributed by atoms with Gasteiger partial charge >= 0.3 is 12.0 Å². The van der Waals surface area contributed by atoms with Crippen LogP contribution in [0.5, 0.6) is 0 Å². The maximum absolute atomic E-state index is 12.6. The number of urea groups is 1. The zero-order chi connectivity index (χ0) is 14.5. The van der Waals surface area contributed by atoms with E-state index in [-0.39, 0.29) is 6.03 Å². The van der Waals surface area contributed by atoms with Gasteiger partial charge in [-0.15, -0.1) is 0 Å². The molecule has 2 rings (SSSR count). The highest BCUT2D eigenvalue weighted by molar-refractivity contribution is 5.83. The van der Waals surface area contributed by atoms with Crippen molar-refractivity contribution < 1.29 is 14.7 Å². The number of nitrogens with zero attached hydrogens (tertiary/aromatic N) is 2. The molecule has 0 bridgehead atoms. The number of nitrogens with one attached hydrogen (secondary N) is 1. The lowest BCUT2D eigenvalue weighted by molar-refractivity contribution is -0.144. The van der Waals surface area contributed by atoms with E-state index in [4.69, 9.17) is 0 Å². The minimum atomic E-state index is -0.871. The molecule has 2 unspecified atom stereocenters. The summed E-state index contributed by atoms with van der Waals surface area (Å²) in [4.78, 5) is 27.4. The molecule has 20 heavy (non-hydrogen) atoms. The summed E-state index contributed by atoms with van der Waals surface area (Å²) in [7, 11) is 0. The fraction of sp³-hybridized carbons (Fsp3) is 0.857. The third-order valence-corrected chi connectivity index (χ3v) is 4.43. The summed E-state index contributed by atoms with van der Waals surface area (Å²) < 4.78 is 0. The maximum Gasteiger partial charge on any atom is 0.326 e. The molecule has 0 aromatic carbocycles. The molecular weight excluding hydrogens is 258 g/mol. The van der Waals surface area contributed by atoms with Crippen LogP contribution in [0.2, 0.25) is 0 Å². The van der Waals surface area contributed by atoms with Crippen molar-refractivity contribution in [3.05, 3.63) is 0 Å². The van der Waals surface area contributed by atoms with Crippen molar-refractivity contribution in [1.82, 2.24) is 15.1 Å². The van der Waals surface area contributed by atoms with Gasteiger partial charge < -0.3 is 20.2 Å². The van der Waals surface area contributed by atoms with Gasteiger partial charge in [0.1, 0.15) is 6.04 Å². The van der Waals surface area contributed by atoms with Gasteiger partial charge in [0.25, 0.3) is 0 Å². The molecule has 0 aromatic rings. The number of amides is 2. The third-order valence-electron chi connectivity index (χ3n) is 4.43. The molecule has 0 aliphatic carbocycles. The Morgan fingerprint density at radius 2 is 2.05 bits per heavy atom. The summed E-state index contributed by atoms with van der Waals surface area (Å²) in [5.41, 5.74) is 0. The average molecular weight is 283 g/mol. The van der Waals surface area contributed by atoms with Gasteiger partial charge in [-0.3, -0.25) is 0 Å². The lowest BCUT2D eigenvalue weighted by Gasteiger charge is -2.39. The first-order valence-electron chi connectivity index (χ1n) is 7.62. The predicted octanol–water partition coefficient (Wildman–Crippen LogP) is 0.977. The Hall–Kier alpha value is -1.30. The minimum Gasteiger partial charge on any atom is -0.480 e. The summed E-state index contributed by atoms with van der Waals surface area (Å²) >= 11 is 0. The van der Waals surface area contributed by atoms with E-state index in [9.17, 15) is 14.7 Å². The molecule has 6 heteroatoms. The standard InChI is InChI=1S/C14H25N3O3/c1-2-11-4-8-17(12(10-11)13(18)19)14(20)16-7-3-5-15-6-9-16/h11-12,15H,2-10H2,1H3,(H,18,19). The Bertz CT molecular complexity index is 354. The number of carbonyl (C=O) groups excluding carboxylic acids is 1. The Labute approximate surface area is 120 Å². The monoisotopic (exact) mass is 283 g/mol. The molecule has 2 fully saturated rings. The van der Waals surface area contributed by atoms with Crippen LogP contribution in [-0.2, 0) is 4.79 Å². The summed E-state index contributed by atoms with van der Waals surface area (Å²) in [6, 6.07) is -0.756. The van der Waals surface area contributed by atoms with Crippen LogP contribution in [0.4, 0.5) is 4.79 Å². The summed E-state index contributed by atoms with van der Waals surface area (Å²) in [5.74, 6) is -0.449. The first-order valence-corrected chi connectivity index (χ1v) is 7.62. The van der Waals surface area contributed by atoms with Crippen LogP contribution in [0.1, 0.15) is 32.6 Å². The molecule has 0 aromatic heterocycles. The van der Waals surface area contributed by atoms with Crippen LogP contribution in [0.25, 0.3) is 0 Å². The van der Waals surface area contributed by atoms with Crippen molar-refractivity contribution in [3.8, 4) is 0 Å². The van der Waals surface area contributed by atoms with Gasteiger partial charge in [0, 0.05) is 26.2 Å². The van der Waals surface area contributed by atoms with Crippen LogP contribution >= 0.6 is 0 Å². The van der Waals surface area contributed by atoms with Gasteiger partial charge in [0.05, 0.1) is 0 Å². The average Bonchev–Trinajstić information content (AvgIpc) is 2.74. The van der Waals surface area contributed by atoms with E-state index in [0.717, 1.165) is 32.4 Å². The van der Waals surface area contributed by atoms with E-state index in [2.05, 4.69) is 12.2 Å². The minimum absolute atomic E-state index is 0.101. The third kappa shape index (κ3) is 3.42. The summed E-state index contributed by atoms with van der Waals surface area (Å²) in [5, 5.41) is 12.7. The van der Waals surface area contributed by atoms with E-state index in [1.807, 2.05) is 0 Å². The molecule has 2 saturated heterocycles. The van der Waals surface area contributed by atoms with Gasteiger partial charge in [0.2, 0.25) is 0 Å². The maximum atomic E-state index is 12.6. The molecule has 6 nitrogen and oxygen atoms in total. The number of carboxylic acids is 1. The highest BCUT2D eigenvalue weighted by Crippen LogP contribution is 2.26. The van der Waals surface area contributed by atoms with Crippen LogP contribution in [0, 0.1) is 5.92 Å². The van der Waals surface area contributed by atoms with Gasteiger partial charge in [-0.05, 0) is 31.7 Å². The molecule has 2 amide bonds. The number of likely N-dealkylation sites (tertiary alicyclic amines) is 1. The van der Waals surface area contributed by atoms with Gasteiger partial charge in [0.15, 0.2) is 0 Å². The van der Waals surface area contributed by atoms with Gasteiger partial charge in [-0.2, -0.15) is 0 Å². The SMILES string of the molecule is CCC1CCN(C(=O)N2CCCNCC2)C(C(=O)O)C1. The van der Waals surface area contributed by atoms with Crippen molar-refractivity contribution in [2.45, 2.75) is 38.6 Å². The van der Waals surface area contributed by atoms with Crippen molar-refractivity contribution in [2.24, 2.45) is 5.92 Å². The first-order chi connectivity index (χ1) is 9.63. The number of rotatable bonds is 2. The second-order valence-corrected chi connectivity index (χ2v) is 5.72. The Morgan fingerprint density at radius 3 is 2.75 bits per heavy atom. The Kier molecular flexibility index (Phi) is 5.23. The van der Waals surface area contributed by atoms with Crippen LogP contribution in [-0.4, -0.2) is 65.7 Å². The zero-order valence-electron chi connectivity index (χ0n) is 12.2. The Morgan fingerprint density at radius 1 is 1.25 bits per heavy atom. The van der Waals surface area contributed by atoms with Crippen LogP contribution < -0.4 is 5.32 Å². The molecule has 2 aliphatic heterocycles. The number of hydrogen-bond donors (Lipinski definition) is 2. The normalized spacial score (nSPS) is 28.1. The van der Waals surface area contributed by atoms with Crippen molar-refractivity contribution in [3.63, 3.8) is 0 Å². The van der Waals surface area contributed by atoms with Crippen molar-refractivity contribution >= 4 is 12.0 Å². The lowest BCUT2D eigenvalue weighted by Crippen LogP contribution is -2.55. The molecule has 2 heterocycles. The molecule has 2 atom stereocenters. The summed E-state index contributed by atoms with van der Waals surface area (Å²) in [6.07, 6.45) is 3.41. The number of hydrogen-bond acceptors (Lipinski definition) is 3. The molecule has 2 N–H and O–H groups in total. The van der Waals surface area contributed by atoms with E-state index < -0.39 is 12.0 Å². The van der Waals surface area contributed by atoms with E-state index in [1.54, 1.807) is 9.80 Å². The quantitative estimate of drug-likeness (QED) is 0.792. The second kappa shape index (κ2) is 6.92. The fourth-order valence-corrected chi connectivity index (χ4v) is 3.09. The number of aliphatic carboxylic acids is 1. The molecule has 0 radical (unpaired) electrons. The predicted molar refractivity (Wildman–Crippen MR) is 75.6 cm³/mol. The first kappa shape index (κ1) is 15.1.